The molecule has 1 saturated carbocycles. The molecule has 1 heterocycles. The molecule has 0 amide bonds. The number of hydrogen-bond donors (Lipinski definition) is 1. The zero-order valence-corrected chi connectivity index (χ0v) is 13.6. The Morgan fingerprint density at radius 1 is 1.33 bits per heavy atom. The van der Waals surface area contributed by atoms with Gasteiger partial charge in [-0.3, -0.25) is 0 Å². The van der Waals surface area contributed by atoms with Crippen LogP contribution in [0, 0.1) is 6.92 Å². The van der Waals surface area contributed by atoms with Gasteiger partial charge in [0.15, 0.2) is 0 Å². The van der Waals surface area contributed by atoms with Crippen molar-refractivity contribution < 1.29 is 4.74 Å². The Balaban J connectivity index is 1.72. The third-order valence-corrected chi connectivity index (χ3v) is 4.76. The van der Waals surface area contributed by atoms with Crippen LogP contribution in [0.4, 0.5) is 5.69 Å². The quantitative estimate of drug-likeness (QED) is 0.900. The summed E-state index contributed by atoms with van der Waals surface area (Å²) in [4.78, 5) is 2.53. The van der Waals surface area contributed by atoms with Crippen molar-refractivity contribution in [3.05, 3.63) is 29.3 Å². The minimum atomic E-state index is 0.323. The van der Waals surface area contributed by atoms with Crippen LogP contribution in [0.25, 0.3) is 0 Å². The second-order valence-electron chi connectivity index (χ2n) is 6.62. The Labute approximate surface area is 128 Å². The summed E-state index contributed by atoms with van der Waals surface area (Å²) >= 11 is 0. The number of nitrogens with one attached hydrogen (secondary N) is 1. The van der Waals surface area contributed by atoms with Gasteiger partial charge in [-0.25, -0.2) is 0 Å². The molecule has 1 saturated heterocycles. The van der Waals surface area contributed by atoms with E-state index in [0.29, 0.717) is 12.1 Å². The number of morpholine rings is 1. The van der Waals surface area contributed by atoms with E-state index in [2.05, 4.69) is 49.2 Å². The molecule has 0 aromatic heterocycles. The number of nitrogens with zero attached hydrogens (tertiary/aromatic N) is 1. The fourth-order valence-corrected chi connectivity index (χ4v) is 3.10. The average Bonchev–Trinajstić information content (AvgIpc) is 3.30. The van der Waals surface area contributed by atoms with E-state index in [1.54, 1.807) is 0 Å². The SMILES string of the molecule is CCC1COC(C)CN1c1ccc(CNC2CC2)c(C)c1. The standard InChI is InChI=1S/C18H28N2O/c1-4-17-12-21-14(3)11-20(17)18-8-5-15(13(2)9-18)10-19-16-6-7-16/h5,8-9,14,16-17,19H,4,6-7,10-12H2,1-3H3. The molecule has 1 N–H and O–H groups in total. The van der Waals surface area contributed by atoms with Gasteiger partial charge < -0.3 is 15.0 Å². The summed E-state index contributed by atoms with van der Waals surface area (Å²) in [5.41, 5.74) is 4.18. The molecule has 1 aliphatic carbocycles. The summed E-state index contributed by atoms with van der Waals surface area (Å²) < 4.78 is 5.81. The molecule has 2 fully saturated rings. The lowest BCUT2D eigenvalue weighted by atomic mass is 10.0. The first-order valence-corrected chi connectivity index (χ1v) is 8.38. The van der Waals surface area contributed by atoms with Crippen LogP contribution in [0.15, 0.2) is 18.2 Å². The van der Waals surface area contributed by atoms with Crippen LogP contribution >= 0.6 is 0 Å². The molecule has 3 nitrogen and oxygen atoms in total. The van der Waals surface area contributed by atoms with E-state index in [1.807, 2.05) is 0 Å². The summed E-state index contributed by atoms with van der Waals surface area (Å²) in [6.45, 7) is 9.50. The molecule has 3 rings (SSSR count). The third kappa shape index (κ3) is 3.58. The van der Waals surface area contributed by atoms with Crippen LogP contribution in [0.3, 0.4) is 0 Å². The van der Waals surface area contributed by atoms with E-state index in [4.69, 9.17) is 4.74 Å². The zero-order valence-electron chi connectivity index (χ0n) is 13.6. The van der Waals surface area contributed by atoms with Crippen molar-refractivity contribution >= 4 is 5.69 Å². The fraction of sp³-hybridized carbons (Fsp3) is 0.667. The van der Waals surface area contributed by atoms with Crippen LogP contribution in [0.5, 0.6) is 0 Å². The largest absolute Gasteiger partial charge is 0.375 e. The highest BCUT2D eigenvalue weighted by atomic mass is 16.5. The maximum atomic E-state index is 5.81. The molecule has 0 bridgehead atoms. The van der Waals surface area contributed by atoms with Gasteiger partial charge in [-0.1, -0.05) is 13.0 Å². The number of hydrogen-bond acceptors (Lipinski definition) is 3. The number of aryl methyl sites for hydroxylation is 1. The fourth-order valence-electron chi connectivity index (χ4n) is 3.10. The predicted octanol–water partition coefficient (Wildman–Crippen LogP) is 3.25. The van der Waals surface area contributed by atoms with Crippen LogP contribution < -0.4 is 10.2 Å². The Hall–Kier alpha value is -1.06. The van der Waals surface area contributed by atoms with E-state index in [9.17, 15) is 0 Å². The molecule has 1 aliphatic heterocycles. The Morgan fingerprint density at radius 2 is 2.14 bits per heavy atom. The monoisotopic (exact) mass is 288 g/mol. The van der Waals surface area contributed by atoms with Gasteiger partial charge in [0.1, 0.15) is 0 Å². The number of anilines is 1. The van der Waals surface area contributed by atoms with Gasteiger partial charge in [0.05, 0.1) is 18.8 Å². The van der Waals surface area contributed by atoms with Gasteiger partial charge in [-0.2, -0.15) is 0 Å². The minimum Gasteiger partial charge on any atom is -0.375 e. The number of ether oxygens (including phenoxy) is 1. The number of benzene rings is 1. The summed E-state index contributed by atoms with van der Waals surface area (Å²) in [6.07, 6.45) is 4.16. The van der Waals surface area contributed by atoms with E-state index in [1.165, 1.54) is 29.7 Å². The average molecular weight is 288 g/mol. The van der Waals surface area contributed by atoms with E-state index < -0.39 is 0 Å². The molecule has 0 radical (unpaired) electrons. The first kappa shape index (κ1) is 14.9. The Bertz CT molecular complexity index is 484. The van der Waals surface area contributed by atoms with Crippen molar-refractivity contribution in [2.24, 2.45) is 0 Å². The van der Waals surface area contributed by atoms with Crippen LogP contribution in [-0.4, -0.2) is 31.3 Å². The summed E-state index contributed by atoms with van der Waals surface area (Å²) in [7, 11) is 0. The lowest BCUT2D eigenvalue weighted by Crippen LogP contribution is -2.48. The molecule has 0 spiro atoms. The van der Waals surface area contributed by atoms with E-state index in [0.717, 1.165) is 32.2 Å². The summed E-state index contributed by atoms with van der Waals surface area (Å²) in [5, 5.41) is 3.61. The van der Waals surface area contributed by atoms with Crippen molar-refractivity contribution in [2.45, 2.75) is 64.8 Å². The third-order valence-electron chi connectivity index (χ3n) is 4.76. The minimum absolute atomic E-state index is 0.323. The summed E-state index contributed by atoms with van der Waals surface area (Å²) in [6, 6.07) is 8.22. The first-order chi connectivity index (χ1) is 10.2. The van der Waals surface area contributed by atoms with E-state index >= 15 is 0 Å². The van der Waals surface area contributed by atoms with Gasteiger partial charge >= 0.3 is 0 Å². The highest BCUT2D eigenvalue weighted by Gasteiger charge is 2.26. The maximum absolute atomic E-state index is 5.81. The predicted molar refractivity (Wildman–Crippen MR) is 87.9 cm³/mol. The molecule has 2 aliphatic rings. The Morgan fingerprint density at radius 3 is 2.81 bits per heavy atom. The molecule has 2 unspecified atom stereocenters. The van der Waals surface area contributed by atoms with Crippen LogP contribution in [0.2, 0.25) is 0 Å². The van der Waals surface area contributed by atoms with Crippen LogP contribution in [0.1, 0.15) is 44.2 Å². The van der Waals surface area contributed by atoms with Crippen LogP contribution in [-0.2, 0) is 11.3 Å². The Kier molecular flexibility index (Phi) is 4.51. The van der Waals surface area contributed by atoms with Gasteiger partial charge in [0.2, 0.25) is 0 Å². The molecule has 1 aromatic rings. The highest BCUT2D eigenvalue weighted by Crippen LogP contribution is 2.26. The van der Waals surface area contributed by atoms with Gasteiger partial charge in [-0.05, 0) is 56.4 Å². The smallest absolute Gasteiger partial charge is 0.0723 e. The van der Waals surface area contributed by atoms with E-state index in [-0.39, 0.29) is 0 Å². The molecule has 3 heteroatoms. The summed E-state index contributed by atoms with van der Waals surface area (Å²) in [5.74, 6) is 0. The lowest BCUT2D eigenvalue weighted by Gasteiger charge is -2.40. The highest BCUT2D eigenvalue weighted by molar-refractivity contribution is 5.52. The van der Waals surface area contributed by atoms with Crippen molar-refractivity contribution in [1.82, 2.24) is 5.32 Å². The van der Waals surface area contributed by atoms with Crippen molar-refractivity contribution in [3.8, 4) is 0 Å². The van der Waals surface area contributed by atoms with Crippen molar-refractivity contribution in [1.29, 1.82) is 0 Å². The van der Waals surface area contributed by atoms with Crippen molar-refractivity contribution in [3.63, 3.8) is 0 Å². The van der Waals surface area contributed by atoms with Gasteiger partial charge in [0.25, 0.3) is 0 Å². The molecular weight excluding hydrogens is 260 g/mol. The molecule has 21 heavy (non-hydrogen) atoms. The molecular formula is C18H28N2O. The second-order valence-corrected chi connectivity index (χ2v) is 6.62. The van der Waals surface area contributed by atoms with Gasteiger partial charge in [-0.15, -0.1) is 0 Å². The van der Waals surface area contributed by atoms with Crippen molar-refractivity contribution in [2.75, 3.05) is 18.1 Å². The number of rotatable bonds is 5. The topological polar surface area (TPSA) is 24.5 Å². The molecule has 2 atom stereocenters. The zero-order chi connectivity index (χ0) is 14.8. The normalized spacial score (nSPS) is 26.1. The molecule has 1 aromatic carbocycles. The molecule has 116 valence electrons. The second kappa shape index (κ2) is 6.37. The van der Waals surface area contributed by atoms with Gasteiger partial charge in [0, 0.05) is 24.8 Å². The first-order valence-electron chi connectivity index (χ1n) is 8.38. The maximum Gasteiger partial charge on any atom is 0.0723 e. The lowest BCUT2D eigenvalue weighted by molar-refractivity contribution is 0.0299.